The average Bonchev–Trinajstić information content (AvgIpc) is 3.51. The van der Waals surface area contributed by atoms with E-state index in [-0.39, 0.29) is 6.09 Å². The van der Waals surface area contributed by atoms with Gasteiger partial charge in [0.25, 0.3) is 0 Å². The molecule has 3 aromatic carbocycles. The molecule has 1 fully saturated rings. The van der Waals surface area contributed by atoms with E-state index in [4.69, 9.17) is 24.3 Å². The lowest BCUT2D eigenvalue weighted by molar-refractivity contribution is 0.0510. The predicted octanol–water partition coefficient (Wildman–Crippen LogP) is 8.97. The molecule has 1 aliphatic heterocycles. The van der Waals surface area contributed by atoms with Gasteiger partial charge in [-0.2, -0.15) is 10.1 Å². The largest absolute Gasteiger partial charge is 0.473 e. The lowest BCUT2D eigenvalue weighted by atomic mass is 9.84. The topological polar surface area (TPSA) is 90.7 Å². The highest BCUT2D eigenvalue weighted by Gasteiger charge is 2.28. The fourth-order valence-corrected chi connectivity index (χ4v) is 7.44. The number of hydrogen-bond donors (Lipinski definition) is 1. The Kier molecular flexibility index (Phi) is 11.1. The summed E-state index contributed by atoms with van der Waals surface area (Å²) in [5, 5.41) is 9.03. The second-order valence-electron chi connectivity index (χ2n) is 15.3. The fourth-order valence-electron chi connectivity index (χ4n) is 7.44. The molecule has 0 radical (unpaired) electrons. The molecule has 0 spiro atoms. The zero-order valence-corrected chi connectivity index (χ0v) is 31.4. The van der Waals surface area contributed by atoms with Crippen molar-refractivity contribution in [2.75, 3.05) is 19.6 Å². The molecule has 3 heterocycles. The van der Waals surface area contributed by atoms with E-state index in [1.54, 1.807) is 0 Å². The summed E-state index contributed by atoms with van der Waals surface area (Å²) in [7, 11) is 2.00. The molecule has 2 aliphatic rings. The summed E-state index contributed by atoms with van der Waals surface area (Å²) in [6, 6.07) is 31.4. The van der Waals surface area contributed by atoms with Gasteiger partial charge < -0.3 is 19.5 Å². The van der Waals surface area contributed by atoms with Crippen LogP contribution in [0.25, 0.3) is 27.7 Å². The molecule has 0 saturated heterocycles. The second-order valence-corrected chi connectivity index (χ2v) is 15.3. The summed E-state index contributed by atoms with van der Waals surface area (Å²) in [6.45, 7) is 9.19. The van der Waals surface area contributed by atoms with Gasteiger partial charge in [0.2, 0.25) is 11.8 Å². The zero-order chi connectivity index (χ0) is 36.8. The number of amides is 1. The van der Waals surface area contributed by atoms with Crippen molar-refractivity contribution in [2.24, 2.45) is 13.0 Å². The summed E-state index contributed by atoms with van der Waals surface area (Å²) >= 11 is 0. The van der Waals surface area contributed by atoms with Crippen molar-refractivity contribution in [1.82, 2.24) is 25.0 Å². The highest BCUT2D eigenvalue weighted by atomic mass is 16.6. The molecule has 7 rings (SSSR count). The molecule has 1 amide bonds. The van der Waals surface area contributed by atoms with Gasteiger partial charge >= 0.3 is 6.09 Å². The van der Waals surface area contributed by atoms with Crippen LogP contribution in [0.4, 0.5) is 4.79 Å². The molecular weight excluding hydrogens is 663 g/mol. The first-order chi connectivity index (χ1) is 25.7. The van der Waals surface area contributed by atoms with Crippen LogP contribution in [0.3, 0.4) is 0 Å². The minimum atomic E-state index is -0.471. The minimum Gasteiger partial charge on any atom is -0.473 e. The van der Waals surface area contributed by atoms with Crippen LogP contribution >= 0.6 is 0 Å². The van der Waals surface area contributed by atoms with Gasteiger partial charge in [0.15, 0.2) is 0 Å². The quantitative estimate of drug-likeness (QED) is 0.146. The molecule has 0 unspecified atom stereocenters. The summed E-state index contributed by atoms with van der Waals surface area (Å²) in [5.74, 6) is 1.51. The smallest absolute Gasteiger partial charge is 0.407 e. The highest BCUT2D eigenvalue weighted by Crippen LogP contribution is 2.37. The number of ether oxygens (including phenoxy) is 3. The average molecular weight is 714 g/mol. The van der Waals surface area contributed by atoms with Crippen LogP contribution in [0.15, 0.2) is 97.1 Å². The maximum absolute atomic E-state index is 12.1. The molecule has 1 aliphatic carbocycles. The third-order valence-electron chi connectivity index (χ3n) is 10.3. The molecule has 9 nitrogen and oxygen atoms in total. The first-order valence-corrected chi connectivity index (χ1v) is 18.9. The maximum Gasteiger partial charge on any atom is 0.407 e. The van der Waals surface area contributed by atoms with E-state index in [9.17, 15) is 4.79 Å². The Bertz CT molecular complexity index is 2030. The molecule has 9 heteroatoms. The Morgan fingerprint density at radius 2 is 1.57 bits per heavy atom. The number of nitrogens with zero attached hydrogens (tertiary/aromatic N) is 4. The summed E-state index contributed by atoms with van der Waals surface area (Å²) in [5.41, 5.74) is 7.02. The zero-order valence-electron chi connectivity index (χ0n) is 31.4. The number of nitrogens with one attached hydrogen (secondary N) is 1. The maximum atomic E-state index is 12.1. The van der Waals surface area contributed by atoms with E-state index in [1.165, 1.54) is 24.0 Å². The first-order valence-electron chi connectivity index (χ1n) is 18.9. The number of alkyl carbamates (subject to hydrolysis) is 1. The summed E-state index contributed by atoms with van der Waals surface area (Å²) in [6.07, 6.45) is 7.70. The second kappa shape index (κ2) is 16.3. The van der Waals surface area contributed by atoms with Crippen molar-refractivity contribution in [3.8, 4) is 23.0 Å². The molecule has 0 bridgehead atoms. The SMILES string of the molecule is Cn1nc(-c2ccc(OCc3ccccc3)nc2OCc2ccccc2)c2ccc(C3=CCN([C@H]4CC[C@H](CNC(=O)OC(C)(C)C)CC4)CC3)cc21. The third-order valence-corrected chi connectivity index (χ3v) is 10.3. The van der Waals surface area contributed by atoms with E-state index in [0.717, 1.165) is 65.6 Å². The summed E-state index contributed by atoms with van der Waals surface area (Å²) < 4.78 is 19.8. The van der Waals surface area contributed by atoms with Gasteiger partial charge in [-0.3, -0.25) is 9.58 Å². The molecule has 1 N–H and O–H groups in total. The predicted molar refractivity (Wildman–Crippen MR) is 210 cm³/mol. The Balaban J connectivity index is 1.03. The molecule has 53 heavy (non-hydrogen) atoms. The van der Waals surface area contributed by atoms with E-state index in [0.29, 0.717) is 43.5 Å². The first kappa shape index (κ1) is 36.2. The van der Waals surface area contributed by atoms with Gasteiger partial charge in [0, 0.05) is 44.2 Å². The van der Waals surface area contributed by atoms with Gasteiger partial charge in [-0.15, -0.1) is 0 Å². The van der Waals surface area contributed by atoms with Crippen molar-refractivity contribution < 1.29 is 19.0 Å². The van der Waals surface area contributed by atoms with Gasteiger partial charge in [0.05, 0.1) is 11.1 Å². The molecule has 5 aromatic rings. The fraction of sp³-hybridized carbons (Fsp3) is 0.386. The van der Waals surface area contributed by atoms with Gasteiger partial charge in [-0.25, -0.2) is 4.79 Å². The number of aryl methyl sites for hydroxylation is 1. The number of rotatable bonds is 11. The van der Waals surface area contributed by atoms with Crippen LogP contribution < -0.4 is 14.8 Å². The van der Waals surface area contributed by atoms with E-state index in [1.807, 2.05) is 105 Å². The van der Waals surface area contributed by atoms with Crippen LogP contribution in [0.5, 0.6) is 11.8 Å². The molecule has 0 atom stereocenters. The van der Waals surface area contributed by atoms with Crippen molar-refractivity contribution in [3.05, 3.63) is 114 Å². The number of fused-ring (bicyclic) bond motifs is 1. The van der Waals surface area contributed by atoms with E-state index < -0.39 is 5.60 Å². The number of benzene rings is 3. The van der Waals surface area contributed by atoms with Crippen molar-refractivity contribution >= 4 is 22.6 Å². The van der Waals surface area contributed by atoms with Gasteiger partial charge in [-0.05, 0) is 99.3 Å². The summed E-state index contributed by atoms with van der Waals surface area (Å²) in [4.78, 5) is 19.6. The lowest BCUT2D eigenvalue weighted by Crippen LogP contribution is -2.42. The Labute approximate surface area is 313 Å². The normalized spacial score (nSPS) is 18.0. The van der Waals surface area contributed by atoms with Gasteiger partial charge in [0.1, 0.15) is 24.5 Å². The number of aromatic nitrogens is 3. The number of carbonyl (C=O) groups is 1. The van der Waals surface area contributed by atoms with Crippen LogP contribution in [-0.2, 0) is 25.0 Å². The monoisotopic (exact) mass is 713 g/mol. The number of carbonyl (C=O) groups excluding carboxylic acids is 1. The van der Waals surface area contributed by atoms with Crippen LogP contribution in [-0.4, -0.2) is 57.0 Å². The van der Waals surface area contributed by atoms with Gasteiger partial charge in [-0.1, -0.05) is 72.8 Å². The van der Waals surface area contributed by atoms with Crippen LogP contribution in [0.2, 0.25) is 0 Å². The molecular formula is C44H51N5O4. The van der Waals surface area contributed by atoms with Crippen LogP contribution in [0, 0.1) is 5.92 Å². The Hall–Kier alpha value is -5.15. The van der Waals surface area contributed by atoms with Crippen molar-refractivity contribution in [2.45, 2.75) is 77.7 Å². The van der Waals surface area contributed by atoms with Crippen molar-refractivity contribution in [1.29, 1.82) is 0 Å². The Morgan fingerprint density at radius 1 is 0.868 bits per heavy atom. The van der Waals surface area contributed by atoms with E-state index >= 15 is 0 Å². The standard InChI is InChI=1S/C44H51N5O4/c1-44(2,3)53-43(50)45-28-31-15-18-36(19-16-31)49-25-23-34(24-26-49)35-17-20-37-39(27-35)48(4)47-41(37)38-21-22-40(51-29-32-11-7-5-8-12-32)46-42(38)52-30-33-13-9-6-10-14-33/h5-14,17,20-23,27,31,36H,15-16,18-19,24-26,28-30H2,1-4H3,(H,45,50)/t31-,36-. The molecule has 1 saturated carbocycles. The Morgan fingerprint density at radius 3 is 2.23 bits per heavy atom. The van der Waals surface area contributed by atoms with Crippen LogP contribution in [0.1, 0.15) is 69.6 Å². The molecule has 2 aromatic heterocycles. The lowest BCUT2D eigenvalue weighted by Gasteiger charge is -2.38. The minimum absolute atomic E-state index is 0.317. The highest BCUT2D eigenvalue weighted by molar-refractivity contribution is 5.96. The van der Waals surface area contributed by atoms with E-state index in [2.05, 4.69) is 34.5 Å². The third kappa shape index (κ3) is 9.27. The molecule has 276 valence electrons. The van der Waals surface area contributed by atoms with Crippen molar-refractivity contribution in [3.63, 3.8) is 0 Å². The number of pyridine rings is 1. The number of hydrogen-bond acceptors (Lipinski definition) is 7.